The Balaban J connectivity index is 2.36. The van der Waals surface area contributed by atoms with Crippen LogP contribution in [0.2, 0.25) is 0 Å². The second-order valence-electron chi connectivity index (χ2n) is 5.28. The van der Waals surface area contributed by atoms with Crippen molar-refractivity contribution in [2.75, 3.05) is 65.6 Å². The quantitative estimate of drug-likeness (QED) is 0.597. The van der Waals surface area contributed by atoms with Crippen LogP contribution in [0.15, 0.2) is 0 Å². The lowest BCUT2D eigenvalue weighted by molar-refractivity contribution is -0.142. The first-order chi connectivity index (χ1) is 9.63. The Morgan fingerprint density at radius 1 is 1.30 bits per heavy atom. The number of carbonyl (C=O) groups is 1. The number of amides is 1. The number of carbonyl (C=O) groups excluding carboxylic acids is 1. The van der Waals surface area contributed by atoms with E-state index in [0.29, 0.717) is 6.04 Å². The van der Waals surface area contributed by atoms with Crippen molar-refractivity contribution >= 4 is 17.7 Å². The minimum atomic E-state index is 0.123. The molecule has 1 unspecified atom stereocenters. The monoisotopic (exact) mass is 304 g/mol. The average Bonchev–Trinajstić information content (AvgIpc) is 2.39. The van der Waals surface area contributed by atoms with Gasteiger partial charge in [0.05, 0.1) is 13.2 Å². The van der Waals surface area contributed by atoms with Crippen LogP contribution >= 0.6 is 11.8 Å². The van der Waals surface area contributed by atoms with Crippen LogP contribution in [-0.2, 0) is 14.3 Å². The number of methoxy groups -OCH3 is 2. The predicted molar refractivity (Wildman–Crippen MR) is 83.2 cm³/mol. The molecule has 5 nitrogen and oxygen atoms in total. The van der Waals surface area contributed by atoms with E-state index in [0.717, 1.165) is 45.1 Å². The van der Waals surface area contributed by atoms with E-state index in [4.69, 9.17) is 9.47 Å². The summed E-state index contributed by atoms with van der Waals surface area (Å²) in [6.45, 7) is 6.92. The predicted octanol–water partition coefficient (Wildman–Crippen LogP) is 0.791. The molecule has 1 amide bonds. The van der Waals surface area contributed by atoms with E-state index in [2.05, 4.69) is 4.90 Å². The molecule has 0 saturated carbocycles. The Hall–Kier alpha value is -0.300. The van der Waals surface area contributed by atoms with Gasteiger partial charge < -0.3 is 14.4 Å². The minimum Gasteiger partial charge on any atom is -0.383 e. The fourth-order valence-electron chi connectivity index (χ4n) is 2.39. The Morgan fingerprint density at radius 2 is 1.85 bits per heavy atom. The van der Waals surface area contributed by atoms with Crippen LogP contribution in [0.25, 0.3) is 0 Å². The number of rotatable bonds is 10. The third-order valence-corrected chi connectivity index (χ3v) is 4.53. The minimum absolute atomic E-state index is 0.123. The molecule has 1 fully saturated rings. The molecule has 0 aromatic heterocycles. The highest BCUT2D eigenvalue weighted by atomic mass is 32.2. The summed E-state index contributed by atoms with van der Waals surface area (Å²) in [7, 11) is 3.43. The van der Waals surface area contributed by atoms with Crippen molar-refractivity contribution < 1.29 is 14.3 Å². The van der Waals surface area contributed by atoms with Gasteiger partial charge in [-0.1, -0.05) is 6.92 Å². The molecule has 1 heterocycles. The summed E-state index contributed by atoms with van der Waals surface area (Å²) in [6.07, 6.45) is 2.04. The first kappa shape index (κ1) is 17.8. The van der Waals surface area contributed by atoms with Crippen LogP contribution in [0.4, 0.5) is 0 Å². The SMILES string of the molecule is COCCN(CCOC)C1CN(C(=O)C(C)CSC)C1. The third kappa shape index (κ3) is 5.24. The van der Waals surface area contributed by atoms with Gasteiger partial charge in [0.15, 0.2) is 0 Å². The molecule has 20 heavy (non-hydrogen) atoms. The molecule has 1 saturated heterocycles. The highest BCUT2D eigenvalue weighted by molar-refractivity contribution is 7.98. The van der Waals surface area contributed by atoms with Gasteiger partial charge in [-0.3, -0.25) is 9.69 Å². The van der Waals surface area contributed by atoms with Crippen molar-refractivity contribution in [3.05, 3.63) is 0 Å². The smallest absolute Gasteiger partial charge is 0.226 e. The first-order valence-electron chi connectivity index (χ1n) is 7.13. The van der Waals surface area contributed by atoms with Crippen molar-refractivity contribution in [2.45, 2.75) is 13.0 Å². The molecule has 1 rings (SSSR count). The van der Waals surface area contributed by atoms with Gasteiger partial charge >= 0.3 is 0 Å². The number of nitrogens with zero attached hydrogens (tertiary/aromatic N) is 2. The third-order valence-electron chi connectivity index (χ3n) is 3.69. The van der Waals surface area contributed by atoms with E-state index in [1.54, 1.807) is 26.0 Å². The number of ether oxygens (including phenoxy) is 2. The van der Waals surface area contributed by atoms with E-state index in [-0.39, 0.29) is 11.8 Å². The lowest BCUT2D eigenvalue weighted by Gasteiger charge is -2.46. The molecule has 6 heteroatoms. The van der Waals surface area contributed by atoms with Crippen LogP contribution in [0, 0.1) is 5.92 Å². The van der Waals surface area contributed by atoms with E-state index in [1.807, 2.05) is 18.1 Å². The molecular formula is C14H28N2O3S. The molecular weight excluding hydrogens is 276 g/mol. The summed E-state index contributed by atoms with van der Waals surface area (Å²) in [5.74, 6) is 1.31. The molecule has 1 atom stereocenters. The second-order valence-corrected chi connectivity index (χ2v) is 6.19. The zero-order valence-electron chi connectivity index (χ0n) is 13.1. The summed E-state index contributed by atoms with van der Waals surface area (Å²) in [4.78, 5) is 16.5. The summed E-state index contributed by atoms with van der Waals surface area (Å²) in [6, 6.07) is 0.450. The first-order valence-corrected chi connectivity index (χ1v) is 8.53. The Bertz CT molecular complexity index is 278. The number of hydrogen-bond donors (Lipinski definition) is 0. The van der Waals surface area contributed by atoms with Gasteiger partial charge in [0.2, 0.25) is 5.91 Å². The largest absolute Gasteiger partial charge is 0.383 e. The van der Waals surface area contributed by atoms with Crippen molar-refractivity contribution in [3.8, 4) is 0 Å². The normalized spacial score (nSPS) is 17.4. The molecule has 1 aliphatic rings. The molecule has 118 valence electrons. The topological polar surface area (TPSA) is 42.0 Å². The van der Waals surface area contributed by atoms with Crippen LogP contribution in [-0.4, -0.2) is 87.4 Å². The van der Waals surface area contributed by atoms with Gasteiger partial charge in [0.1, 0.15) is 0 Å². The molecule has 0 spiro atoms. The Labute approximate surface area is 127 Å². The Morgan fingerprint density at radius 3 is 2.30 bits per heavy atom. The highest BCUT2D eigenvalue weighted by Crippen LogP contribution is 2.19. The molecule has 0 N–H and O–H groups in total. The van der Waals surface area contributed by atoms with E-state index < -0.39 is 0 Å². The van der Waals surface area contributed by atoms with Gasteiger partial charge in [-0.2, -0.15) is 11.8 Å². The molecule has 0 bridgehead atoms. The fourth-order valence-corrected chi connectivity index (χ4v) is 3.04. The molecule has 0 aliphatic carbocycles. The number of hydrogen-bond acceptors (Lipinski definition) is 5. The van der Waals surface area contributed by atoms with Gasteiger partial charge in [0.25, 0.3) is 0 Å². The second kappa shape index (κ2) is 9.60. The maximum atomic E-state index is 12.2. The maximum absolute atomic E-state index is 12.2. The van der Waals surface area contributed by atoms with Crippen molar-refractivity contribution in [3.63, 3.8) is 0 Å². The fraction of sp³-hybridized carbons (Fsp3) is 0.929. The van der Waals surface area contributed by atoms with E-state index in [1.165, 1.54) is 0 Å². The molecule has 0 aromatic rings. The van der Waals surface area contributed by atoms with Gasteiger partial charge in [-0.15, -0.1) is 0 Å². The lowest BCUT2D eigenvalue weighted by Crippen LogP contribution is -2.62. The molecule has 0 aromatic carbocycles. The van der Waals surface area contributed by atoms with Crippen LogP contribution in [0.1, 0.15) is 6.92 Å². The summed E-state index contributed by atoms with van der Waals surface area (Å²) in [5.41, 5.74) is 0. The summed E-state index contributed by atoms with van der Waals surface area (Å²) in [5, 5.41) is 0. The molecule has 1 aliphatic heterocycles. The number of likely N-dealkylation sites (tertiary alicyclic amines) is 1. The zero-order valence-corrected chi connectivity index (χ0v) is 13.9. The average molecular weight is 304 g/mol. The van der Waals surface area contributed by atoms with Gasteiger partial charge in [0, 0.05) is 58.1 Å². The van der Waals surface area contributed by atoms with Crippen molar-refractivity contribution in [1.29, 1.82) is 0 Å². The van der Waals surface area contributed by atoms with Crippen LogP contribution in [0.5, 0.6) is 0 Å². The summed E-state index contributed by atoms with van der Waals surface area (Å²) >= 11 is 1.73. The van der Waals surface area contributed by atoms with E-state index in [9.17, 15) is 4.79 Å². The van der Waals surface area contributed by atoms with Crippen molar-refractivity contribution in [2.24, 2.45) is 5.92 Å². The van der Waals surface area contributed by atoms with Gasteiger partial charge in [-0.05, 0) is 6.26 Å². The standard InChI is InChI=1S/C14H28N2O3S/c1-12(11-20-4)14(17)16-9-13(10-16)15(5-7-18-2)6-8-19-3/h12-13H,5-11H2,1-4H3. The lowest BCUT2D eigenvalue weighted by atomic mass is 10.0. The van der Waals surface area contributed by atoms with Crippen LogP contribution < -0.4 is 0 Å². The maximum Gasteiger partial charge on any atom is 0.226 e. The zero-order chi connectivity index (χ0) is 15.0. The van der Waals surface area contributed by atoms with E-state index >= 15 is 0 Å². The summed E-state index contributed by atoms with van der Waals surface area (Å²) < 4.78 is 10.3. The number of thioether (sulfide) groups is 1. The van der Waals surface area contributed by atoms with Crippen molar-refractivity contribution in [1.82, 2.24) is 9.80 Å². The van der Waals surface area contributed by atoms with Crippen LogP contribution in [0.3, 0.4) is 0 Å². The van der Waals surface area contributed by atoms with Gasteiger partial charge in [-0.25, -0.2) is 0 Å². The Kier molecular flexibility index (Phi) is 8.52. The highest BCUT2D eigenvalue weighted by Gasteiger charge is 2.35. The molecule has 0 radical (unpaired) electrons.